The Kier molecular flexibility index (Phi) is 5.84. The Hall–Kier alpha value is -3.06. The standard InChI is InChI=1S/C21H20FN3O2S/c1-12(2)14-4-6-15(7-5-14)21-25-19(11-28-21)20(27)24-18-10-16(23-13(3)26)8-9-17(18)22/h4-12H,1-3H3,(H,23,26)(H,24,27). The first-order chi connectivity index (χ1) is 13.3. The van der Waals surface area contributed by atoms with Crippen molar-refractivity contribution in [3.8, 4) is 10.6 Å². The Bertz CT molecular complexity index is 1010. The minimum atomic E-state index is -0.595. The second-order valence-corrected chi connectivity index (χ2v) is 7.50. The van der Waals surface area contributed by atoms with Crippen LogP contribution < -0.4 is 10.6 Å². The van der Waals surface area contributed by atoms with Gasteiger partial charge in [0, 0.05) is 23.6 Å². The van der Waals surface area contributed by atoms with Gasteiger partial charge in [-0.3, -0.25) is 9.59 Å². The van der Waals surface area contributed by atoms with Crippen LogP contribution in [0.5, 0.6) is 0 Å². The Morgan fingerprint density at radius 3 is 2.43 bits per heavy atom. The molecule has 3 rings (SSSR count). The van der Waals surface area contributed by atoms with Crippen molar-refractivity contribution in [3.05, 3.63) is 64.9 Å². The summed E-state index contributed by atoms with van der Waals surface area (Å²) in [5.41, 5.74) is 2.73. The lowest BCUT2D eigenvalue weighted by molar-refractivity contribution is -0.114. The summed E-state index contributed by atoms with van der Waals surface area (Å²) in [4.78, 5) is 28.0. The van der Waals surface area contributed by atoms with Crippen LogP contribution in [0.1, 0.15) is 42.7 Å². The summed E-state index contributed by atoms with van der Waals surface area (Å²) >= 11 is 1.35. The van der Waals surface area contributed by atoms with Gasteiger partial charge in [-0.05, 0) is 29.7 Å². The molecule has 0 fully saturated rings. The van der Waals surface area contributed by atoms with Crippen LogP contribution in [-0.2, 0) is 4.79 Å². The van der Waals surface area contributed by atoms with Crippen LogP contribution in [0.2, 0.25) is 0 Å². The maximum Gasteiger partial charge on any atom is 0.275 e. The van der Waals surface area contributed by atoms with E-state index in [0.29, 0.717) is 16.6 Å². The molecule has 0 saturated heterocycles. The molecule has 28 heavy (non-hydrogen) atoms. The number of nitrogens with zero attached hydrogens (tertiary/aromatic N) is 1. The van der Waals surface area contributed by atoms with Crippen LogP contribution in [-0.4, -0.2) is 16.8 Å². The number of nitrogens with one attached hydrogen (secondary N) is 2. The molecule has 0 aliphatic rings. The molecule has 5 nitrogen and oxygen atoms in total. The van der Waals surface area contributed by atoms with Crippen molar-refractivity contribution >= 4 is 34.5 Å². The molecule has 1 aromatic heterocycles. The Balaban J connectivity index is 1.76. The van der Waals surface area contributed by atoms with Crippen LogP contribution in [0.4, 0.5) is 15.8 Å². The third-order valence-electron chi connectivity index (χ3n) is 4.10. The van der Waals surface area contributed by atoms with Crippen molar-refractivity contribution in [2.24, 2.45) is 0 Å². The van der Waals surface area contributed by atoms with E-state index < -0.39 is 11.7 Å². The topological polar surface area (TPSA) is 71.1 Å². The molecule has 0 unspecified atom stereocenters. The molecule has 144 valence electrons. The van der Waals surface area contributed by atoms with E-state index in [1.807, 2.05) is 24.3 Å². The minimum absolute atomic E-state index is 0.0212. The van der Waals surface area contributed by atoms with E-state index in [4.69, 9.17) is 0 Å². The van der Waals surface area contributed by atoms with Crippen LogP contribution >= 0.6 is 11.3 Å². The summed E-state index contributed by atoms with van der Waals surface area (Å²) in [6.07, 6.45) is 0. The van der Waals surface area contributed by atoms with E-state index >= 15 is 0 Å². The molecule has 0 bridgehead atoms. The molecular formula is C21H20FN3O2S. The third-order valence-corrected chi connectivity index (χ3v) is 4.99. The van der Waals surface area contributed by atoms with E-state index in [9.17, 15) is 14.0 Å². The van der Waals surface area contributed by atoms with Crippen molar-refractivity contribution in [1.29, 1.82) is 0 Å². The second kappa shape index (κ2) is 8.31. The number of amides is 2. The number of thiazole rings is 1. The van der Waals surface area contributed by atoms with Gasteiger partial charge in [0.25, 0.3) is 5.91 Å². The van der Waals surface area contributed by atoms with Crippen molar-refractivity contribution in [2.45, 2.75) is 26.7 Å². The Morgan fingerprint density at radius 1 is 1.07 bits per heavy atom. The smallest absolute Gasteiger partial charge is 0.275 e. The fraction of sp³-hybridized carbons (Fsp3) is 0.190. The number of carbonyl (C=O) groups excluding carboxylic acids is 2. The monoisotopic (exact) mass is 397 g/mol. The fourth-order valence-electron chi connectivity index (χ4n) is 2.61. The first kappa shape index (κ1) is 19.7. The number of halogens is 1. The van der Waals surface area contributed by atoms with Gasteiger partial charge in [0.2, 0.25) is 5.91 Å². The number of hydrogen-bond acceptors (Lipinski definition) is 4. The highest BCUT2D eigenvalue weighted by molar-refractivity contribution is 7.13. The Labute approximate surface area is 166 Å². The highest BCUT2D eigenvalue weighted by Gasteiger charge is 2.15. The maximum absolute atomic E-state index is 14.0. The first-order valence-corrected chi connectivity index (χ1v) is 9.66. The average Bonchev–Trinajstić information content (AvgIpc) is 3.14. The van der Waals surface area contributed by atoms with Crippen LogP contribution in [0, 0.1) is 5.82 Å². The largest absolute Gasteiger partial charge is 0.326 e. The lowest BCUT2D eigenvalue weighted by Crippen LogP contribution is -2.14. The highest BCUT2D eigenvalue weighted by Crippen LogP contribution is 2.27. The van der Waals surface area contributed by atoms with Crippen molar-refractivity contribution in [3.63, 3.8) is 0 Å². The number of aromatic nitrogens is 1. The van der Waals surface area contributed by atoms with E-state index in [-0.39, 0.29) is 17.3 Å². The molecule has 0 saturated carbocycles. The third kappa shape index (κ3) is 4.61. The zero-order valence-corrected chi connectivity index (χ0v) is 16.6. The molecule has 3 aromatic rings. The van der Waals surface area contributed by atoms with Crippen LogP contribution in [0.15, 0.2) is 47.8 Å². The first-order valence-electron chi connectivity index (χ1n) is 8.78. The fourth-order valence-corrected chi connectivity index (χ4v) is 3.42. The van der Waals surface area contributed by atoms with Crippen LogP contribution in [0.3, 0.4) is 0 Å². The molecule has 1 heterocycles. The van der Waals surface area contributed by atoms with Gasteiger partial charge >= 0.3 is 0 Å². The van der Waals surface area contributed by atoms with Crippen molar-refractivity contribution < 1.29 is 14.0 Å². The summed E-state index contributed by atoms with van der Waals surface area (Å²) in [6.45, 7) is 5.61. The van der Waals surface area contributed by atoms with Gasteiger partial charge in [-0.2, -0.15) is 0 Å². The Morgan fingerprint density at radius 2 is 1.79 bits per heavy atom. The maximum atomic E-state index is 14.0. The van der Waals surface area contributed by atoms with E-state index in [0.717, 1.165) is 5.56 Å². The number of anilines is 2. The lowest BCUT2D eigenvalue weighted by atomic mass is 10.0. The summed E-state index contributed by atoms with van der Waals surface area (Å²) in [5.74, 6) is -0.950. The summed E-state index contributed by atoms with van der Waals surface area (Å²) in [5, 5.41) is 7.41. The normalized spacial score (nSPS) is 10.8. The zero-order valence-electron chi connectivity index (χ0n) is 15.7. The summed E-state index contributed by atoms with van der Waals surface area (Å²) in [6, 6.07) is 12.0. The molecule has 0 aliphatic carbocycles. The number of hydrogen-bond donors (Lipinski definition) is 2. The quantitative estimate of drug-likeness (QED) is 0.615. The van der Waals surface area contributed by atoms with E-state index in [2.05, 4.69) is 29.5 Å². The molecule has 2 aromatic carbocycles. The molecule has 0 atom stereocenters. The predicted molar refractivity (Wildman–Crippen MR) is 110 cm³/mol. The second-order valence-electron chi connectivity index (χ2n) is 6.64. The van der Waals surface area contributed by atoms with Gasteiger partial charge in [0.05, 0.1) is 5.69 Å². The molecule has 0 aliphatic heterocycles. The molecule has 2 amide bonds. The molecular weight excluding hydrogens is 377 g/mol. The minimum Gasteiger partial charge on any atom is -0.326 e. The van der Waals surface area contributed by atoms with Gasteiger partial charge in [0.15, 0.2) is 0 Å². The van der Waals surface area contributed by atoms with Gasteiger partial charge in [-0.25, -0.2) is 9.37 Å². The predicted octanol–water partition coefficient (Wildman–Crippen LogP) is 5.28. The van der Waals surface area contributed by atoms with Gasteiger partial charge in [-0.1, -0.05) is 38.1 Å². The summed E-state index contributed by atoms with van der Waals surface area (Å²) in [7, 11) is 0. The average molecular weight is 397 g/mol. The zero-order chi connectivity index (χ0) is 20.3. The van der Waals surface area contributed by atoms with Gasteiger partial charge in [-0.15, -0.1) is 11.3 Å². The highest BCUT2D eigenvalue weighted by atomic mass is 32.1. The summed E-state index contributed by atoms with van der Waals surface area (Å²) < 4.78 is 14.0. The van der Waals surface area contributed by atoms with Crippen molar-refractivity contribution in [2.75, 3.05) is 10.6 Å². The molecule has 0 spiro atoms. The lowest BCUT2D eigenvalue weighted by Gasteiger charge is -2.08. The molecule has 0 radical (unpaired) electrons. The molecule has 2 N–H and O–H groups in total. The number of benzene rings is 2. The number of rotatable bonds is 5. The molecule has 7 heteroatoms. The van der Waals surface area contributed by atoms with Crippen molar-refractivity contribution in [1.82, 2.24) is 4.98 Å². The number of carbonyl (C=O) groups is 2. The van der Waals surface area contributed by atoms with Crippen LogP contribution in [0.25, 0.3) is 10.6 Å². The van der Waals surface area contributed by atoms with Gasteiger partial charge in [0.1, 0.15) is 16.5 Å². The van der Waals surface area contributed by atoms with E-state index in [1.165, 1.54) is 42.0 Å². The SMILES string of the molecule is CC(=O)Nc1ccc(F)c(NC(=O)c2csc(-c3ccc(C(C)C)cc3)n2)c1. The van der Waals surface area contributed by atoms with E-state index in [1.54, 1.807) is 5.38 Å². The van der Waals surface area contributed by atoms with Gasteiger partial charge < -0.3 is 10.6 Å².